The lowest BCUT2D eigenvalue weighted by atomic mass is 10.1. The second-order valence-corrected chi connectivity index (χ2v) is 5.52. The number of aryl methyl sites for hydroxylation is 1. The molecule has 0 aliphatic heterocycles. The van der Waals surface area contributed by atoms with Gasteiger partial charge < -0.3 is 14.8 Å². The number of amides is 1. The Morgan fingerprint density at radius 2 is 1.72 bits per heavy atom. The van der Waals surface area contributed by atoms with E-state index in [0.717, 1.165) is 11.3 Å². The van der Waals surface area contributed by atoms with Crippen molar-refractivity contribution in [2.24, 2.45) is 5.10 Å². The molecular weight excluding hydrogens is 318 g/mol. The Kier molecular flexibility index (Phi) is 6.39. The van der Waals surface area contributed by atoms with Gasteiger partial charge in [-0.15, -0.1) is 0 Å². The van der Waals surface area contributed by atoms with E-state index in [4.69, 9.17) is 9.47 Å². The maximum Gasteiger partial charge on any atom is 0.259 e. The van der Waals surface area contributed by atoms with E-state index in [1.165, 1.54) is 5.56 Å². The molecule has 1 amide bonds. The third-order valence-corrected chi connectivity index (χ3v) is 3.65. The molecule has 2 rings (SSSR count). The van der Waals surface area contributed by atoms with Crippen LogP contribution in [0.3, 0.4) is 0 Å². The molecule has 2 N–H and O–H groups in total. The van der Waals surface area contributed by atoms with Crippen LogP contribution in [0, 0.1) is 6.92 Å². The number of hydrogen-bond acceptors (Lipinski definition) is 5. The fourth-order valence-corrected chi connectivity index (χ4v) is 2.17. The van der Waals surface area contributed by atoms with Gasteiger partial charge in [0.15, 0.2) is 11.5 Å². The molecule has 0 aliphatic carbocycles. The van der Waals surface area contributed by atoms with Gasteiger partial charge in [-0.2, -0.15) is 5.10 Å². The van der Waals surface area contributed by atoms with Crippen molar-refractivity contribution in [3.63, 3.8) is 0 Å². The van der Waals surface area contributed by atoms with Crippen LogP contribution in [0.25, 0.3) is 0 Å². The Labute approximate surface area is 147 Å². The van der Waals surface area contributed by atoms with E-state index in [9.17, 15) is 4.79 Å². The third-order valence-electron chi connectivity index (χ3n) is 3.65. The van der Waals surface area contributed by atoms with Crippen LogP contribution in [0.15, 0.2) is 47.6 Å². The van der Waals surface area contributed by atoms with E-state index in [0.29, 0.717) is 17.2 Å². The summed E-state index contributed by atoms with van der Waals surface area (Å²) in [6, 6.07) is 13.3. The molecule has 0 unspecified atom stereocenters. The minimum atomic E-state index is -0.222. The molecule has 0 bridgehead atoms. The normalized spacial score (nSPS) is 11.0. The standard InChI is InChI=1S/C19H23N3O3/c1-13-5-8-16(9-6-13)20-12-19(23)22-21-14(2)15-7-10-17(24-3)18(11-15)25-4/h5-11,20H,12H2,1-4H3,(H,22,23)/b21-14-. The highest BCUT2D eigenvalue weighted by Gasteiger charge is 2.07. The highest BCUT2D eigenvalue weighted by atomic mass is 16.5. The van der Waals surface area contributed by atoms with Crippen LogP contribution in [0.4, 0.5) is 5.69 Å². The van der Waals surface area contributed by atoms with E-state index in [2.05, 4.69) is 15.8 Å². The largest absolute Gasteiger partial charge is 0.493 e. The number of rotatable bonds is 7. The maximum atomic E-state index is 11.9. The summed E-state index contributed by atoms with van der Waals surface area (Å²) in [5, 5.41) is 7.18. The fourth-order valence-electron chi connectivity index (χ4n) is 2.17. The molecule has 2 aromatic carbocycles. The number of nitrogens with zero attached hydrogens (tertiary/aromatic N) is 1. The van der Waals surface area contributed by atoms with Crippen molar-refractivity contribution in [2.45, 2.75) is 13.8 Å². The topological polar surface area (TPSA) is 72.0 Å². The zero-order chi connectivity index (χ0) is 18.2. The van der Waals surface area contributed by atoms with Crippen LogP contribution in [0.2, 0.25) is 0 Å². The summed E-state index contributed by atoms with van der Waals surface area (Å²) in [7, 11) is 3.16. The first kappa shape index (κ1) is 18.3. The Balaban J connectivity index is 1.93. The fraction of sp³-hybridized carbons (Fsp3) is 0.263. The van der Waals surface area contributed by atoms with Crippen LogP contribution in [0.5, 0.6) is 11.5 Å². The SMILES string of the molecule is COc1ccc(/C(C)=N\NC(=O)CNc2ccc(C)cc2)cc1OC. The summed E-state index contributed by atoms with van der Waals surface area (Å²) in [4.78, 5) is 11.9. The van der Waals surface area contributed by atoms with Crippen LogP contribution >= 0.6 is 0 Å². The lowest BCUT2D eigenvalue weighted by molar-refractivity contribution is -0.119. The number of anilines is 1. The van der Waals surface area contributed by atoms with Gasteiger partial charge in [-0.3, -0.25) is 4.79 Å². The molecule has 0 fully saturated rings. The third kappa shape index (κ3) is 5.24. The maximum absolute atomic E-state index is 11.9. The minimum Gasteiger partial charge on any atom is -0.493 e. The van der Waals surface area contributed by atoms with E-state index in [1.54, 1.807) is 20.3 Å². The summed E-state index contributed by atoms with van der Waals surface area (Å²) in [5.74, 6) is 1.03. The monoisotopic (exact) mass is 341 g/mol. The highest BCUT2D eigenvalue weighted by Crippen LogP contribution is 2.27. The molecule has 0 radical (unpaired) electrons. The van der Waals surface area contributed by atoms with Crippen molar-refractivity contribution in [1.29, 1.82) is 0 Å². The van der Waals surface area contributed by atoms with Crippen molar-refractivity contribution in [3.8, 4) is 11.5 Å². The van der Waals surface area contributed by atoms with Gasteiger partial charge in [0.25, 0.3) is 5.91 Å². The molecule has 0 aromatic heterocycles. The number of hydrazone groups is 1. The van der Waals surface area contributed by atoms with Crippen molar-refractivity contribution >= 4 is 17.3 Å². The molecule has 132 valence electrons. The Hall–Kier alpha value is -3.02. The first-order valence-corrected chi connectivity index (χ1v) is 7.89. The Morgan fingerprint density at radius 3 is 2.36 bits per heavy atom. The van der Waals surface area contributed by atoms with E-state index < -0.39 is 0 Å². The first-order chi connectivity index (χ1) is 12.0. The predicted octanol–water partition coefficient (Wildman–Crippen LogP) is 2.96. The Bertz CT molecular complexity index is 755. The van der Waals surface area contributed by atoms with Gasteiger partial charge in [-0.1, -0.05) is 17.7 Å². The minimum absolute atomic E-state index is 0.145. The molecule has 6 heteroatoms. The number of carbonyl (C=O) groups excluding carboxylic acids is 1. The second-order valence-electron chi connectivity index (χ2n) is 5.52. The van der Waals surface area contributed by atoms with Gasteiger partial charge in [0.1, 0.15) is 0 Å². The second kappa shape index (κ2) is 8.73. The molecule has 2 aromatic rings. The molecule has 25 heavy (non-hydrogen) atoms. The number of methoxy groups -OCH3 is 2. The van der Waals surface area contributed by atoms with E-state index in [-0.39, 0.29) is 12.5 Å². The van der Waals surface area contributed by atoms with E-state index in [1.807, 2.05) is 50.2 Å². The number of hydrogen-bond donors (Lipinski definition) is 2. The number of benzene rings is 2. The van der Waals surface area contributed by atoms with Crippen molar-refractivity contribution in [2.75, 3.05) is 26.1 Å². The van der Waals surface area contributed by atoms with Gasteiger partial charge in [0.05, 0.1) is 26.5 Å². The van der Waals surface area contributed by atoms with Gasteiger partial charge >= 0.3 is 0 Å². The van der Waals surface area contributed by atoms with Crippen LogP contribution in [0.1, 0.15) is 18.1 Å². The predicted molar refractivity (Wildman–Crippen MR) is 99.6 cm³/mol. The van der Waals surface area contributed by atoms with Gasteiger partial charge in [-0.05, 0) is 44.2 Å². The summed E-state index contributed by atoms with van der Waals surface area (Å²) < 4.78 is 10.5. The van der Waals surface area contributed by atoms with Crippen LogP contribution in [-0.2, 0) is 4.79 Å². The smallest absolute Gasteiger partial charge is 0.259 e. The summed E-state index contributed by atoms with van der Waals surface area (Å²) >= 11 is 0. The zero-order valence-electron chi connectivity index (χ0n) is 14.9. The lowest BCUT2D eigenvalue weighted by Gasteiger charge is -2.10. The molecule has 0 saturated carbocycles. The Morgan fingerprint density at radius 1 is 1.04 bits per heavy atom. The molecule has 6 nitrogen and oxygen atoms in total. The average molecular weight is 341 g/mol. The summed E-state index contributed by atoms with van der Waals surface area (Å²) in [5.41, 5.74) is 6.11. The molecule has 0 spiro atoms. The number of nitrogens with one attached hydrogen (secondary N) is 2. The zero-order valence-corrected chi connectivity index (χ0v) is 14.9. The quantitative estimate of drug-likeness (QED) is 0.600. The molecular formula is C19H23N3O3. The van der Waals surface area contributed by atoms with Crippen LogP contribution < -0.4 is 20.2 Å². The molecule has 0 saturated heterocycles. The first-order valence-electron chi connectivity index (χ1n) is 7.89. The van der Waals surface area contributed by atoms with Crippen molar-refractivity contribution in [3.05, 3.63) is 53.6 Å². The van der Waals surface area contributed by atoms with Gasteiger partial charge in [0, 0.05) is 11.3 Å². The summed E-state index contributed by atoms with van der Waals surface area (Å²) in [6.45, 7) is 3.98. The number of carbonyl (C=O) groups is 1. The molecule has 0 aliphatic rings. The lowest BCUT2D eigenvalue weighted by Crippen LogP contribution is -2.26. The van der Waals surface area contributed by atoms with E-state index >= 15 is 0 Å². The van der Waals surface area contributed by atoms with Crippen molar-refractivity contribution < 1.29 is 14.3 Å². The summed E-state index contributed by atoms with van der Waals surface area (Å²) in [6.07, 6.45) is 0. The molecule has 0 atom stereocenters. The van der Waals surface area contributed by atoms with Crippen molar-refractivity contribution in [1.82, 2.24) is 5.43 Å². The van der Waals surface area contributed by atoms with Gasteiger partial charge in [0.2, 0.25) is 0 Å². The number of ether oxygens (including phenoxy) is 2. The molecule has 0 heterocycles. The van der Waals surface area contributed by atoms with Gasteiger partial charge in [-0.25, -0.2) is 5.43 Å². The average Bonchev–Trinajstić information content (AvgIpc) is 2.64. The highest BCUT2D eigenvalue weighted by molar-refractivity contribution is 5.99. The van der Waals surface area contributed by atoms with Crippen LogP contribution in [-0.4, -0.2) is 32.4 Å².